The Labute approximate surface area is 193 Å². The Hall–Kier alpha value is -3.77. The number of rotatable bonds is 6. The number of aromatic nitrogens is 2. The average Bonchev–Trinajstić information content (AvgIpc) is 3.18. The molecule has 0 spiro atoms. The molecule has 33 heavy (non-hydrogen) atoms. The number of allylic oxidation sites excluding steroid dienone is 1. The van der Waals surface area contributed by atoms with Crippen LogP contribution in [0.3, 0.4) is 0 Å². The predicted octanol–water partition coefficient (Wildman–Crippen LogP) is 6.96. The summed E-state index contributed by atoms with van der Waals surface area (Å²) in [5, 5.41) is 15.9. The molecule has 0 aliphatic rings. The highest BCUT2D eigenvalue weighted by atomic mass is 35.5. The molecule has 0 aliphatic carbocycles. The van der Waals surface area contributed by atoms with E-state index in [1.807, 2.05) is 25.1 Å². The third-order valence-corrected chi connectivity index (χ3v) is 5.66. The molecule has 7 heteroatoms. The minimum atomic E-state index is -1.04. The van der Waals surface area contributed by atoms with Crippen molar-refractivity contribution < 1.29 is 18.7 Å². The molecule has 3 aromatic carbocycles. The molecule has 0 saturated heterocycles. The third kappa shape index (κ3) is 4.56. The second kappa shape index (κ2) is 9.38. The number of nitrogens with one attached hydrogen (secondary N) is 1. The van der Waals surface area contributed by atoms with E-state index in [4.69, 9.17) is 16.7 Å². The number of H-pyrrole nitrogens is 1. The van der Waals surface area contributed by atoms with Gasteiger partial charge in [0.25, 0.3) is 0 Å². The van der Waals surface area contributed by atoms with E-state index in [1.165, 1.54) is 18.2 Å². The Morgan fingerprint density at radius 1 is 1.09 bits per heavy atom. The molecule has 4 nitrogen and oxygen atoms in total. The minimum absolute atomic E-state index is 0.255. The molecule has 0 atom stereocenters. The monoisotopic (exact) mass is 464 g/mol. The first kappa shape index (κ1) is 22.4. The van der Waals surface area contributed by atoms with E-state index in [9.17, 15) is 13.6 Å². The predicted molar refractivity (Wildman–Crippen MR) is 127 cm³/mol. The molecule has 0 saturated carbocycles. The van der Waals surface area contributed by atoms with Crippen LogP contribution in [0.15, 0.2) is 66.7 Å². The number of halogens is 3. The normalized spacial score (nSPS) is 12.4. The summed E-state index contributed by atoms with van der Waals surface area (Å²) in [6.45, 7) is 1.95. The summed E-state index contributed by atoms with van der Waals surface area (Å²) in [7, 11) is 0. The standard InChI is InChI=1S/C26H19ClF2N2O2/c1-2-18(19-12-11-17(28)14-21(19)27)24(16-9-6-15(7-10-16)8-13-23(32)33)20-4-3-5-22-25(20)26(29)31-30-22/h3-14H,2H2,1H3,(H,30,31)(H,32,33)/b13-8+,24-18+. The summed E-state index contributed by atoms with van der Waals surface area (Å²) >= 11 is 6.42. The summed E-state index contributed by atoms with van der Waals surface area (Å²) in [5.41, 5.74) is 4.81. The molecule has 2 N–H and O–H groups in total. The number of fused-ring (bicyclic) bond motifs is 1. The fourth-order valence-electron chi connectivity index (χ4n) is 3.90. The van der Waals surface area contributed by atoms with Gasteiger partial charge in [-0.1, -0.05) is 61.0 Å². The van der Waals surface area contributed by atoms with Crippen LogP contribution in [0, 0.1) is 11.8 Å². The lowest BCUT2D eigenvalue weighted by atomic mass is 9.86. The van der Waals surface area contributed by atoms with Crippen LogP contribution >= 0.6 is 11.6 Å². The smallest absolute Gasteiger partial charge is 0.328 e. The average molecular weight is 465 g/mol. The van der Waals surface area contributed by atoms with Gasteiger partial charge < -0.3 is 5.11 Å². The van der Waals surface area contributed by atoms with Gasteiger partial charge in [-0.05, 0) is 64.1 Å². The number of carboxylic acids is 1. The van der Waals surface area contributed by atoms with Crippen molar-refractivity contribution >= 4 is 45.7 Å². The molecule has 166 valence electrons. The van der Waals surface area contributed by atoms with E-state index < -0.39 is 17.7 Å². The topological polar surface area (TPSA) is 66.0 Å². The Balaban J connectivity index is 2.01. The highest BCUT2D eigenvalue weighted by Gasteiger charge is 2.20. The first-order chi connectivity index (χ1) is 15.9. The Morgan fingerprint density at radius 2 is 1.85 bits per heavy atom. The lowest BCUT2D eigenvalue weighted by molar-refractivity contribution is -0.131. The molecule has 0 unspecified atom stereocenters. The molecular weight excluding hydrogens is 446 g/mol. The number of carboxylic acid groups (broad SMARTS) is 1. The summed E-state index contributed by atoms with van der Waals surface area (Å²) < 4.78 is 28.5. The van der Waals surface area contributed by atoms with Crippen LogP contribution in [0.4, 0.5) is 8.78 Å². The fourth-order valence-corrected chi connectivity index (χ4v) is 4.18. The van der Waals surface area contributed by atoms with Gasteiger partial charge in [0, 0.05) is 6.08 Å². The molecule has 1 aromatic heterocycles. The van der Waals surface area contributed by atoms with Crippen molar-refractivity contribution in [3.63, 3.8) is 0 Å². The van der Waals surface area contributed by atoms with Gasteiger partial charge in [-0.25, -0.2) is 9.18 Å². The van der Waals surface area contributed by atoms with Crippen LogP contribution in [0.25, 0.3) is 28.1 Å². The van der Waals surface area contributed by atoms with Crippen molar-refractivity contribution in [1.29, 1.82) is 0 Å². The Bertz CT molecular complexity index is 1410. The van der Waals surface area contributed by atoms with Crippen LogP contribution in [0.2, 0.25) is 5.02 Å². The summed E-state index contributed by atoms with van der Waals surface area (Å²) in [6, 6.07) is 16.8. The van der Waals surface area contributed by atoms with Gasteiger partial charge in [-0.3, -0.25) is 5.10 Å². The van der Waals surface area contributed by atoms with Crippen LogP contribution in [-0.4, -0.2) is 21.3 Å². The zero-order chi connectivity index (χ0) is 23.5. The second-order valence-corrected chi connectivity index (χ2v) is 7.77. The molecule has 0 aliphatic heterocycles. The van der Waals surface area contributed by atoms with Gasteiger partial charge in [0.05, 0.1) is 15.9 Å². The van der Waals surface area contributed by atoms with E-state index in [1.54, 1.807) is 30.3 Å². The summed E-state index contributed by atoms with van der Waals surface area (Å²) in [5.74, 6) is -2.11. The SMILES string of the molecule is CC/C(=C(/c1ccc(/C=C/C(=O)O)cc1)c1cccc2[nH]nc(F)c12)c1ccc(F)cc1Cl. The van der Waals surface area contributed by atoms with Crippen molar-refractivity contribution in [3.8, 4) is 0 Å². The third-order valence-electron chi connectivity index (χ3n) is 5.34. The van der Waals surface area contributed by atoms with Crippen LogP contribution in [-0.2, 0) is 4.79 Å². The molecule has 4 aromatic rings. The fraction of sp³-hybridized carbons (Fsp3) is 0.0769. The number of hydrogen-bond donors (Lipinski definition) is 2. The maximum atomic E-state index is 14.7. The van der Waals surface area contributed by atoms with Crippen molar-refractivity contribution in [2.45, 2.75) is 13.3 Å². The number of benzene rings is 3. The van der Waals surface area contributed by atoms with E-state index in [2.05, 4.69) is 10.2 Å². The Kier molecular flexibility index (Phi) is 6.38. The molecule has 1 heterocycles. The first-order valence-corrected chi connectivity index (χ1v) is 10.6. The number of nitrogens with zero attached hydrogens (tertiary/aromatic N) is 1. The zero-order valence-electron chi connectivity index (χ0n) is 17.6. The number of hydrogen-bond acceptors (Lipinski definition) is 2. The zero-order valence-corrected chi connectivity index (χ0v) is 18.3. The van der Waals surface area contributed by atoms with E-state index in [-0.39, 0.29) is 5.02 Å². The van der Waals surface area contributed by atoms with E-state index in [0.29, 0.717) is 34.0 Å². The number of aliphatic carboxylic acids is 1. The van der Waals surface area contributed by atoms with Gasteiger partial charge in [0.15, 0.2) is 0 Å². The summed E-state index contributed by atoms with van der Waals surface area (Å²) in [4.78, 5) is 10.8. The number of carbonyl (C=O) groups is 1. The van der Waals surface area contributed by atoms with E-state index >= 15 is 0 Å². The molecule has 0 bridgehead atoms. The molecule has 0 fully saturated rings. The van der Waals surface area contributed by atoms with Crippen molar-refractivity contribution in [1.82, 2.24) is 10.2 Å². The van der Waals surface area contributed by atoms with Gasteiger partial charge in [-0.2, -0.15) is 4.39 Å². The van der Waals surface area contributed by atoms with Crippen LogP contribution in [0.5, 0.6) is 0 Å². The molecule has 0 radical (unpaired) electrons. The molecule has 4 rings (SSSR count). The highest BCUT2D eigenvalue weighted by molar-refractivity contribution is 6.32. The van der Waals surface area contributed by atoms with Crippen molar-refractivity contribution in [3.05, 3.63) is 106 Å². The lowest BCUT2D eigenvalue weighted by Crippen LogP contribution is -1.98. The van der Waals surface area contributed by atoms with Gasteiger partial charge in [0.1, 0.15) is 5.82 Å². The van der Waals surface area contributed by atoms with Crippen LogP contribution in [0.1, 0.15) is 35.6 Å². The van der Waals surface area contributed by atoms with Gasteiger partial charge in [-0.15, -0.1) is 5.10 Å². The van der Waals surface area contributed by atoms with Crippen LogP contribution < -0.4 is 0 Å². The largest absolute Gasteiger partial charge is 0.478 e. The van der Waals surface area contributed by atoms with Gasteiger partial charge in [0.2, 0.25) is 5.95 Å². The van der Waals surface area contributed by atoms with E-state index in [0.717, 1.165) is 22.8 Å². The second-order valence-electron chi connectivity index (χ2n) is 7.37. The van der Waals surface area contributed by atoms with Crippen molar-refractivity contribution in [2.24, 2.45) is 0 Å². The van der Waals surface area contributed by atoms with Gasteiger partial charge >= 0.3 is 5.97 Å². The maximum absolute atomic E-state index is 14.7. The van der Waals surface area contributed by atoms with Crippen molar-refractivity contribution in [2.75, 3.05) is 0 Å². The lowest BCUT2D eigenvalue weighted by Gasteiger charge is -2.18. The molecular formula is C26H19ClF2N2O2. The highest BCUT2D eigenvalue weighted by Crippen LogP contribution is 2.40. The first-order valence-electron chi connectivity index (χ1n) is 10.2. The summed E-state index contributed by atoms with van der Waals surface area (Å²) in [6.07, 6.45) is 3.09. The number of aromatic amines is 1. The minimum Gasteiger partial charge on any atom is -0.478 e. The molecule has 0 amide bonds. The quantitative estimate of drug-likeness (QED) is 0.239. The Morgan fingerprint density at radius 3 is 2.52 bits per heavy atom. The maximum Gasteiger partial charge on any atom is 0.328 e.